The summed E-state index contributed by atoms with van der Waals surface area (Å²) in [6, 6.07) is 0. The molecule has 0 atom stereocenters. The normalized spacial score (nSPS) is 39.6. The Bertz CT molecular complexity index is 368. The minimum Gasteiger partial charge on any atom is -0.538 e. The lowest BCUT2D eigenvalue weighted by atomic mass is 9.70. The van der Waals surface area contributed by atoms with Crippen LogP contribution in [0.1, 0.15) is 6.92 Å². The first-order chi connectivity index (χ1) is 7.14. The second kappa shape index (κ2) is 2.84. The van der Waals surface area contributed by atoms with E-state index in [2.05, 4.69) is 11.9 Å². The highest BCUT2D eigenvalue weighted by Crippen LogP contribution is 2.34. The van der Waals surface area contributed by atoms with Crippen molar-refractivity contribution in [2.24, 2.45) is 12.5 Å². The van der Waals surface area contributed by atoms with Gasteiger partial charge in [-0.2, -0.15) is 0 Å². The first-order valence-electron chi connectivity index (χ1n) is 5.17. The van der Waals surface area contributed by atoms with Crippen LogP contribution in [0, 0.1) is 5.41 Å². The highest BCUT2D eigenvalue weighted by atomic mass is 16.8. The Morgan fingerprint density at radius 3 is 2.40 bits per heavy atom. The average Bonchev–Trinajstić information content (AvgIpc) is 2.67. The van der Waals surface area contributed by atoms with Gasteiger partial charge in [0.05, 0.1) is 0 Å². The van der Waals surface area contributed by atoms with Gasteiger partial charge in [0.1, 0.15) is 0 Å². The number of rotatable bonds is 1. The van der Waals surface area contributed by atoms with Crippen molar-refractivity contribution in [1.82, 2.24) is 9.55 Å². The summed E-state index contributed by atoms with van der Waals surface area (Å²) in [5, 5.41) is 0. The first-order valence-corrected chi connectivity index (χ1v) is 5.17. The lowest BCUT2D eigenvalue weighted by Gasteiger charge is -2.57. The lowest BCUT2D eigenvalue weighted by molar-refractivity contribution is -0.120. The summed E-state index contributed by atoms with van der Waals surface area (Å²) in [5.74, 6) is 0. The molecule has 4 rings (SSSR count). The van der Waals surface area contributed by atoms with Crippen molar-refractivity contribution in [1.29, 1.82) is 0 Å². The lowest BCUT2D eigenvalue weighted by Crippen LogP contribution is -2.70. The zero-order chi connectivity index (χ0) is 10.5. The Morgan fingerprint density at radius 1 is 1.33 bits per heavy atom. The van der Waals surface area contributed by atoms with Gasteiger partial charge in [0, 0.05) is 50.4 Å². The molecule has 0 spiro atoms. The summed E-state index contributed by atoms with van der Waals surface area (Å²) >= 11 is 0. The number of fused-ring (bicyclic) bond motifs is 3. The number of imidazole rings is 1. The molecule has 0 radical (unpaired) electrons. The smallest absolute Gasteiger partial charge is 0.443 e. The third-order valence-electron chi connectivity index (χ3n) is 3.13. The maximum Gasteiger partial charge on any atom is 0.443 e. The van der Waals surface area contributed by atoms with Crippen LogP contribution in [-0.2, 0) is 21.0 Å². The van der Waals surface area contributed by atoms with Gasteiger partial charge in [0.15, 0.2) is 0 Å². The van der Waals surface area contributed by atoms with E-state index in [0.717, 1.165) is 5.72 Å². The van der Waals surface area contributed by atoms with Gasteiger partial charge in [-0.25, -0.2) is 0 Å². The van der Waals surface area contributed by atoms with E-state index in [9.17, 15) is 0 Å². The molecular formula is C9H14BN2O3-. The monoisotopic (exact) mass is 209 g/mol. The van der Waals surface area contributed by atoms with Gasteiger partial charge < -0.3 is 18.5 Å². The maximum atomic E-state index is 5.73. The molecule has 82 valence electrons. The molecule has 3 aliphatic rings. The van der Waals surface area contributed by atoms with Gasteiger partial charge in [0.2, 0.25) is 0 Å². The second-order valence-corrected chi connectivity index (χ2v) is 4.78. The van der Waals surface area contributed by atoms with Crippen molar-refractivity contribution < 1.29 is 14.0 Å². The van der Waals surface area contributed by atoms with Crippen LogP contribution in [0.25, 0.3) is 0 Å². The molecule has 15 heavy (non-hydrogen) atoms. The molecule has 3 fully saturated rings. The van der Waals surface area contributed by atoms with Crippen LogP contribution in [0.2, 0.25) is 0 Å². The molecule has 0 saturated carbocycles. The van der Waals surface area contributed by atoms with Gasteiger partial charge in [-0.3, -0.25) is 4.98 Å². The molecule has 3 saturated heterocycles. The number of nitrogens with zero attached hydrogens (tertiary/aromatic N) is 2. The molecule has 5 nitrogen and oxygen atoms in total. The van der Waals surface area contributed by atoms with Crippen LogP contribution in [0.4, 0.5) is 0 Å². The summed E-state index contributed by atoms with van der Waals surface area (Å²) in [4.78, 5) is 4.25. The van der Waals surface area contributed by atoms with Crippen LogP contribution in [-0.4, -0.2) is 36.1 Å². The Kier molecular flexibility index (Phi) is 1.78. The third-order valence-corrected chi connectivity index (χ3v) is 3.13. The van der Waals surface area contributed by atoms with Crippen LogP contribution >= 0.6 is 0 Å². The topological polar surface area (TPSA) is 45.5 Å². The molecule has 4 heterocycles. The SMILES string of the molecule is Cn1ccnc1[B-]12OCC(C)(CO1)CO2. The predicted octanol–water partition coefficient (Wildman–Crippen LogP) is -0.351. The fourth-order valence-electron chi connectivity index (χ4n) is 2.14. The number of aromatic nitrogens is 2. The van der Waals surface area contributed by atoms with E-state index in [1.165, 1.54) is 0 Å². The van der Waals surface area contributed by atoms with E-state index < -0.39 is 6.75 Å². The quantitative estimate of drug-likeness (QED) is 0.593. The fraction of sp³-hybridized carbons (Fsp3) is 0.667. The Hall–Kier alpha value is -0.845. The molecule has 0 aromatic carbocycles. The van der Waals surface area contributed by atoms with Gasteiger partial charge in [-0.1, -0.05) is 6.92 Å². The van der Waals surface area contributed by atoms with Crippen molar-refractivity contribution in [3.05, 3.63) is 12.4 Å². The van der Waals surface area contributed by atoms with Crippen molar-refractivity contribution >= 4 is 12.5 Å². The first kappa shape index (κ1) is 9.39. The Balaban J connectivity index is 1.97. The third kappa shape index (κ3) is 1.25. The molecule has 6 heteroatoms. The van der Waals surface area contributed by atoms with E-state index in [-0.39, 0.29) is 5.41 Å². The van der Waals surface area contributed by atoms with Gasteiger partial charge in [-0.05, 0) is 0 Å². The van der Waals surface area contributed by atoms with E-state index >= 15 is 0 Å². The second-order valence-electron chi connectivity index (χ2n) is 4.78. The Morgan fingerprint density at radius 2 is 1.93 bits per heavy atom. The predicted molar refractivity (Wildman–Crippen MR) is 54.6 cm³/mol. The molecule has 1 aromatic rings. The molecule has 0 unspecified atom stereocenters. The zero-order valence-corrected chi connectivity index (χ0v) is 8.97. The highest BCUT2D eigenvalue weighted by Gasteiger charge is 2.48. The highest BCUT2D eigenvalue weighted by molar-refractivity contribution is 6.74. The van der Waals surface area contributed by atoms with E-state index in [1.54, 1.807) is 6.20 Å². The van der Waals surface area contributed by atoms with E-state index in [0.29, 0.717) is 19.8 Å². The average molecular weight is 209 g/mol. The van der Waals surface area contributed by atoms with Gasteiger partial charge in [-0.15, -0.1) is 0 Å². The minimum absolute atomic E-state index is 0.00860. The van der Waals surface area contributed by atoms with E-state index in [1.807, 2.05) is 17.8 Å². The van der Waals surface area contributed by atoms with Crippen LogP contribution < -0.4 is 5.72 Å². The molecule has 3 aliphatic heterocycles. The zero-order valence-electron chi connectivity index (χ0n) is 8.97. The molecule has 0 N–H and O–H groups in total. The van der Waals surface area contributed by atoms with Crippen molar-refractivity contribution in [2.75, 3.05) is 19.8 Å². The van der Waals surface area contributed by atoms with Crippen LogP contribution in [0.15, 0.2) is 12.4 Å². The summed E-state index contributed by atoms with van der Waals surface area (Å²) in [6.45, 7) is 2.36. The molecule has 0 aliphatic carbocycles. The number of aryl methyl sites for hydroxylation is 1. The van der Waals surface area contributed by atoms with Crippen molar-refractivity contribution in [3.8, 4) is 0 Å². The van der Waals surface area contributed by atoms with Gasteiger partial charge >= 0.3 is 6.75 Å². The van der Waals surface area contributed by atoms with Crippen molar-refractivity contribution in [3.63, 3.8) is 0 Å². The number of hydrogen-bond acceptors (Lipinski definition) is 4. The fourth-order valence-corrected chi connectivity index (χ4v) is 2.14. The largest absolute Gasteiger partial charge is 0.538 e. The molecular weight excluding hydrogens is 195 g/mol. The van der Waals surface area contributed by atoms with Gasteiger partial charge in [0.25, 0.3) is 0 Å². The van der Waals surface area contributed by atoms with Crippen LogP contribution in [0.5, 0.6) is 0 Å². The molecule has 1 aromatic heterocycles. The van der Waals surface area contributed by atoms with E-state index in [4.69, 9.17) is 14.0 Å². The maximum absolute atomic E-state index is 5.73. The minimum atomic E-state index is -1.78. The Labute approximate surface area is 88.4 Å². The summed E-state index contributed by atoms with van der Waals surface area (Å²) in [6.07, 6.45) is 3.59. The molecule has 0 amide bonds. The standard InChI is InChI=1S/C9H14BN2O3/c1-9-5-13-10(14-6-9,15-7-9)8-11-3-4-12(8)2/h3-4H,5-7H2,1-2H3/q-1. The summed E-state index contributed by atoms with van der Waals surface area (Å²) in [5.41, 5.74) is 0.742. The van der Waals surface area contributed by atoms with Crippen molar-refractivity contribution in [2.45, 2.75) is 6.92 Å². The summed E-state index contributed by atoms with van der Waals surface area (Å²) in [7, 11) is 1.91. The van der Waals surface area contributed by atoms with Crippen LogP contribution in [0.3, 0.4) is 0 Å². The molecule has 2 bridgehead atoms. The number of hydrogen-bond donors (Lipinski definition) is 0. The summed E-state index contributed by atoms with van der Waals surface area (Å²) < 4.78 is 19.1.